The number of imide groups is 2. The molecule has 7 amide bonds. The molecule has 2 aromatic carbocycles. The fourth-order valence-electron chi connectivity index (χ4n) is 11.1. The molecule has 7 aliphatic rings. The maximum atomic E-state index is 15.5. The number of carbonyl (C=O) groups is 6. The lowest BCUT2D eigenvalue weighted by atomic mass is 9.88. The van der Waals surface area contributed by atoms with Gasteiger partial charge < -0.3 is 35.6 Å². The summed E-state index contributed by atoms with van der Waals surface area (Å²) < 4.78 is 15.5. The zero-order chi connectivity index (χ0) is 43.7. The molecule has 6 fully saturated rings. The third-order valence-electron chi connectivity index (χ3n) is 14.5. The fraction of sp³-hybridized carbons (Fsp3) is 0.523. The van der Waals surface area contributed by atoms with Crippen molar-refractivity contribution in [2.75, 3.05) is 74.5 Å². The lowest BCUT2D eigenvalue weighted by molar-refractivity contribution is -0.136. The van der Waals surface area contributed by atoms with Crippen molar-refractivity contribution in [3.05, 3.63) is 64.6 Å². The number of anilines is 4. The second-order valence-corrected chi connectivity index (χ2v) is 18.2. The van der Waals surface area contributed by atoms with E-state index in [1.54, 1.807) is 4.90 Å². The van der Waals surface area contributed by atoms with Crippen molar-refractivity contribution >= 4 is 58.7 Å². The highest BCUT2D eigenvalue weighted by Crippen LogP contribution is 2.43. The number of nitrogens with one attached hydrogen (secondary N) is 2. The van der Waals surface area contributed by atoms with Crippen LogP contribution in [0.15, 0.2) is 36.4 Å². The second-order valence-electron chi connectivity index (χ2n) is 18.2. The minimum absolute atomic E-state index is 0.0159. The number of nitrogens with zero attached hydrogens (tertiary/aromatic N) is 9. The number of aromatic nitrogens is 3. The van der Waals surface area contributed by atoms with E-state index in [4.69, 9.17) is 10.7 Å². The number of piperidine rings is 4. The second kappa shape index (κ2) is 16.1. The Labute approximate surface area is 363 Å². The minimum Gasteiger partial charge on any atom is -0.369 e. The molecule has 4 atom stereocenters. The molecule has 4 unspecified atom stereocenters. The van der Waals surface area contributed by atoms with Crippen molar-refractivity contribution in [3.8, 4) is 0 Å². The Kier molecular flexibility index (Phi) is 10.5. The summed E-state index contributed by atoms with van der Waals surface area (Å²) in [6.07, 6.45) is 5.71. The van der Waals surface area contributed by atoms with Gasteiger partial charge in [-0.1, -0.05) is 12.1 Å². The number of hydrogen-bond donors (Lipinski definition) is 3. The molecule has 18 nitrogen and oxygen atoms in total. The van der Waals surface area contributed by atoms with Gasteiger partial charge in [0.05, 0.1) is 28.9 Å². The fourth-order valence-corrected chi connectivity index (χ4v) is 11.1. The highest BCUT2D eigenvalue weighted by Gasteiger charge is 2.51. The molecule has 6 aliphatic heterocycles. The molecule has 1 aliphatic carbocycles. The van der Waals surface area contributed by atoms with E-state index >= 15 is 4.39 Å². The predicted molar refractivity (Wildman–Crippen MR) is 227 cm³/mol. The molecule has 10 rings (SSSR count). The van der Waals surface area contributed by atoms with E-state index in [0.29, 0.717) is 49.9 Å². The van der Waals surface area contributed by atoms with Crippen LogP contribution in [0.4, 0.5) is 32.3 Å². The van der Waals surface area contributed by atoms with E-state index in [0.717, 1.165) is 81.4 Å². The van der Waals surface area contributed by atoms with Gasteiger partial charge in [-0.25, -0.2) is 9.18 Å². The van der Waals surface area contributed by atoms with Gasteiger partial charge in [0.1, 0.15) is 11.9 Å². The molecule has 63 heavy (non-hydrogen) atoms. The molecule has 0 radical (unpaired) electrons. The smallest absolute Gasteiger partial charge is 0.320 e. The summed E-state index contributed by atoms with van der Waals surface area (Å²) in [6.45, 7) is 6.29. The van der Waals surface area contributed by atoms with Crippen LogP contribution < -0.4 is 26.2 Å². The number of benzene rings is 2. The average molecular weight is 863 g/mol. The normalized spacial score (nSPS) is 25.7. The first-order valence-corrected chi connectivity index (χ1v) is 22.1. The van der Waals surface area contributed by atoms with Crippen LogP contribution in [0.25, 0.3) is 0 Å². The highest BCUT2D eigenvalue weighted by molar-refractivity contribution is 6.23. The number of halogens is 1. The van der Waals surface area contributed by atoms with Crippen LogP contribution >= 0.6 is 0 Å². The molecular formula is C44H51FN12O6. The van der Waals surface area contributed by atoms with Crippen LogP contribution in [0.5, 0.6) is 0 Å². The molecule has 330 valence electrons. The maximum absolute atomic E-state index is 15.5. The summed E-state index contributed by atoms with van der Waals surface area (Å²) in [4.78, 5) is 91.8. The first-order valence-electron chi connectivity index (χ1n) is 22.1. The first kappa shape index (κ1) is 40.8. The molecular weight excluding hydrogens is 812 g/mol. The Morgan fingerprint density at radius 3 is 2.21 bits per heavy atom. The third-order valence-corrected chi connectivity index (χ3v) is 14.5. The Hall–Kier alpha value is -6.24. The van der Waals surface area contributed by atoms with Gasteiger partial charge in [0, 0.05) is 58.4 Å². The molecule has 4 N–H and O–H groups in total. The van der Waals surface area contributed by atoms with Crippen LogP contribution in [0, 0.1) is 17.7 Å². The SMILES string of the molecule is CN1CCN(C2CC3CC2N(c2nnc(C(N)=O)c(Nc4ccc(C5CCN(CC6CCN(c7cc8c(cc7F)C(=O)N(C7CCC(=O)NC7=O)C8=O)CC6)CC5)cc4)n2)C3)C1=O. The number of nitrogens with two attached hydrogens (primary N) is 1. The van der Waals surface area contributed by atoms with Crippen molar-refractivity contribution in [1.82, 2.24) is 40.1 Å². The number of hydrogen-bond acceptors (Lipinski definition) is 13. The van der Waals surface area contributed by atoms with Crippen LogP contribution in [0.3, 0.4) is 0 Å². The van der Waals surface area contributed by atoms with E-state index in [-0.39, 0.29) is 59.3 Å². The highest BCUT2D eigenvalue weighted by atomic mass is 19.1. The lowest BCUT2D eigenvalue weighted by Crippen LogP contribution is -2.54. The molecule has 3 aromatic rings. The number of amides is 7. The first-order chi connectivity index (χ1) is 30.4. The van der Waals surface area contributed by atoms with Crippen molar-refractivity contribution in [2.45, 2.75) is 75.4 Å². The number of likely N-dealkylation sites (tertiary alicyclic amines) is 1. The monoisotopic (exact) mass is 862 g/mol. The molecule has 5 saturated heterocycles. The molecule has 1 saturated carbocycles. The van der Waals surface area contributed by atoms with Gasteiger partial charge in [-0.05, 0) is 106 Å². The molecule has 0 spiro atoms. The van der Waals surface area contributed by atoms with Crippen molar-refractivity contribution in [2.24, 2.45) is 17.6 Å². The zero-order valence-corrected chi connectivity index (χ0v) is 35.2. The summed E-state index contributed by atoms with van der Waals surface area (Å²) in [5.74, 6) is -1.89. The van der Waals surface area contributed by atoms with Crippen molar-refractivity contribution in [3.63, 3.8) is 0 Å². The van der Waals surface area contributed by atoms with E-state index in [9.17, 15) is 28.8 Å². The lowest BCUT2D eigenvalue weighted by Gasteiger charge is -2.38. The van der Waals surface area contributed by atoms with Crippen LogP contribution in [0.2, 0.25) is 0 Å². The standard InChI is InChI=1S/C44H51FN12O6/c1-52-16-17-55(44(52)63)34-18-25-19-35(34)56(23-25)43-49-39(37(38(46)59)50-51-43)47-28-4-2-26(3-5-28)27-10-12-53(13-11-27)22-24-8-14-54(15-9-24)33-21-30-29(20-31(33)45)41(61)57(42(30)62)32-6-7-36(58)48-40(32)60/h2-5,20-21,24-25,27,32,34-35H,6-19,22-23H2,1H3,(H2,46,59)(H,47,49,51)(H,48,58,60). The number of carbonyl (C=O) groups excluding carboxylic acids is 6. The third kappa shape index (κ3) is 7.48. The number of likely N-dealkylation sites (N-methyl/N-ethyl adjacent to an activating group) is 1. The number of primary amides is 1. The van der Waals surface area contributed by atoms with Crippen molar-refractivity contribution in [1.29, 1.82) is 0 Å². The van der Waals surface area contributed by atoms with Gasteiger partial charge in [0.15, 0.2) is 11.5 Å². The predicted octanol–water partition coefficient (Wildman–Crippen LogP) is 2.69. The van der Waals surface area contributed by atoms with Crippen LogP contribution in [-0.2, 0) is 9.59 Å². The molecule has 7 heterocycles. The van der Waals surface area contributed by atoms with E-state index in [1.807, 2.05) is 29.0 Å². The molecule has 2 bridgehead atoms. The topological polar surface area (TPSA) is 211 Å². The Morgan fingerprint density at radius 1 is 0.857 bits per heavy atom. The minimum atomic E-state index is -1.10. The Balaban J connectivity index is 0.718. The van der Waals surface area contributed by atoms with Gasteiger partial charge in [-0.2, -0.15) is 4.98 Å². The zero-order valence-electron chi connectivity index (χ0n) is 35.2. The van der Waals surface area contributed by atoms with Gasteiger partial charge >= 0.3 is 6.03 Å². The van der Waals surface area contributed by atoms with Gasteiger partial charge in [-0.15, -0.1) is 10.2 Å². The summed E-state index contributed by atoms with van der Waals surface area (Å²) in [5, 5.41) is 14.0. The summed E-state index contributed by atoms with van der Waals surface area (Å²) in [7, 11) is 1.83. The number of rotatable bonds is 10. The van der Waals surface area contributed by atoms with E-state index in [2.05, 4.69) is 42.8 Å². The van der Waals surface area contributed by atoms with Gasteiger partial charge in [-0.3, -0.25) is 34.2 Å². The van der Waals surface area contributed by atoms with Gasteiger partial charge in [0.2, 0.25) is 17.8 Å². The summed E-state index contributed by atoms with van der Waals surface area (Å²) in [5.41, 5.74) is 7.95. The summed E-state index contributed by atoms with van der Waals surface area (Å²) in [6, 6.07) is 9.86. The van der Waals surface area contributed by atoms with Crippen LogP contribution in [0.1, 0.15) is 94.1 Å². The Bertz CT molecular complexity index is 2380. The summed E-state index contributed by atoms with van der Waals surface area (Å²) >= 11 is 0. The Morgan fingerprint density at radius 2 is 1.56 bits per heavy atom. The average Bonchev–Trinajstić information content (AvgIpc) is 4.03. The quantitative estimate of drug-likeness (QED) is 0.251. The van der Waals surface area contributed by atoms with Crippen molar-refractivity contribution < 1.29 is 33.2 Å². The largest absolute Gasteiger partial charge is 0.369 e. The molecule has 19 heteroatoms. The molecule has 1 aromatic heterocycles. The van der Waals surface area contributed by atoms with Crippen LogP contribution in [-0.4, -0.2) is 148 Å². The number of urea groups is 1. The van der Waals surface area contributed by atoms with E-state index in [1.165, 1.54) is 11.6 Å². The van der Waals surface area contributed by atoms with Gasteiger partial charge in [0.25, 0.3) is 17.7 Å². The van der Waals surface area contributed by atoms with E-state index < -0.39 is 41.4 Å². The number of fused-ring (bicyclic) bond motifs is 3. The maximum Gasteiger partial charge on any atom is 0.320 e.